The lowest BCUT2D eigenvalue weighted by molar-refractivity contribution is -0.148. The fourth-order valence-corrected chi connectivity index (χ4v) is 1.39. The summed E-state index contributed by atoms with van der Waals surface area (Å²) in [6.07, 6.45) is 1.78. The highest BCUT2D eigenvalue weighted by molar-refractivity contribution is 5.88. The number of carboxylic acids is 1. The van der Waals surface area contributed by atoms with E-state index in [9.17, 15) is 9.59 Å². The Morgan fingerprint density at radius 2 is 1.93 bits per heavy atom. The first-order chi connectivity index (χ1) is 6.38. The number of carbonyl (C=O) groups is 2. The van der Waals surface area contributed by atoms with Crippen molar-refractivity contribution in [2.24, 2.45) is 11.8 Å². The van der Waals surface area contributed by atoms with Gasteiger partial charge in [-0.25, -0.2) is 4.79 Å². The monoisotopic (exact) mass is 199 g/mol. The van der Waals surface area contributed by atoms with Crippen molar-refractivity contribution in [2.75, 3.05) is 0 Å². The number of hydrogen-bond acceptors (Lipinski definition) is 2. The summed E-state index contributed by atoms with van der Waals surface area (Å²) in [7, 11) is 0. The minimum atomic E-state index is -1.07. The highest BCUT2D eigenvalue weighted by Gasteiger charge is 2.48. The van der Waals surface area contributed by atoms with E-state index in [4.69, 9.17) is 5.11 Å². The summed E-state index contributed by atoms with van der Waals surface area (Å²) < 4.78 is 0. The molecule has 14 heavy (non-hydrogen) atoms. The van der Waals surface area contributed by atoms with E-state index in [0.29, 0.717) is 0 Å². The van der Waals surface area contributed by atoms with Crippen LogP contribution in [-0.4, -0.2) is 22.5 Å². The third-order valence-electron chi connectivity index (χ3n) is 2.75. The fourth-order valence-electron chi connectivity index (χ4n) is 1.39. The van der Waals surface area contributed by atoms with Gasteiger partial charge in [-0.3, -0.25) is 4.79 Å². The summed E-state index contributed by atoms with van der Waals surface area (Å²) in [6, 6.07) is 0. The molecule has 4 nitrogen and oxygen atoms in total. The van der Waals surface area contributed by atoms with Gasteiger partial charge in [-0.15, -0.1) is 0 Å². The maximum absolute atomic E-state index is 11.4. The highest BCUT2D eigenvalue weighted by Crippen LogP contribution is 2.39. The van der Waals surface area contributed by atoms with E-state index >= 15 is 0 Å². The molecule has 0 aromatic carbocycles. The molecule has 0 aromatic heterocycles. The average molecular weight is 199 g/mol. The van der Waals surface area contributed by atoms with Crippen LogP contribution in [-0.2, 0) is 9.59 Å². The summed E-state index contributed by atoms with van der Waals surface area (Å²) in [5, 5.41) is 11.7. The molecule has 0 aromatic rings. The Labute approximate surface area is 83.7 Å². The molecule has 0 saturated heterocycles. The maximum atomic E-state index is 11.4. The molecule has 1 atom stereocenters. The molecule has 0 bridgehead atoms. The van der Waals surface area contributed by atoms with Gasteiger partial charge in [0.25, 0.3) is 0 Å². The van der Waals surface area contributed by atoms with Gasteiger partial charge in [-0.2, -0.15) is 0 Å². The van der Waals surface area contributed by atoms with Crippen LogP contribution in [0.5, 0.6) is 0 Å². The van der Waals surface area contributed by atoms with Crippen molar-refractivity contribution in [3.05, 3.63) is 0 Å². The molecule has 0 heterocycles. The van der Waals surface area contributed by atoms with Gasteiger partial charge in [0, 0.05) is 5.92 Å². The standard InChI is InChI=1S/C10H17NO3/c1-6(2)8(12)11-10(3,9(13)14)7-4-5-7/h6-7H,4-5H2,1-3H3,(H,11,12)(H,13,14). The summed E-state index contributed by atoms with van der Waals surface area (Å²) in [4.78, 5) is 22.5. The van der Waals surface area contributed by atoms with E-state index in [-0.39, 0.29) is 17.7 Å². The lowest BCUT2D eigenvalue weighted by Gasteiger charge is -2.27. The Morgan fingerprint density at radius 1 is 1.43 bits per heavy atom. The molecule has 1 rings (SSSR count). The lowest BCUT2D eigenvalue weighted by atomic mass is 9.95. The number of amides is 1. The third kappa shape index (κ3) is 2.05. The topological polar surface area (TPSA) is 66.4 Å². The molecule has 1 aliphatic carbocycles. The van der Waals surface area contributed by atoms with Crippen molar-refractivity contribution in [3.8, 4) is 0 Å². The van der Waals surface area contributed by atoms with Crippen LogP contribution in [0.2, 0.25) is 0 Å². The number of aliphatic carboxylic acids is 1. The average Bonchev–Trinajstić information content (AvgIpc) is 2.85. The molecule has 1 saturated carbocycles. The second-order valence-electron chi connectivity index (χ2n) is 4.43. The Bertz CT molecular complexity index is 258. The van der Waals surface area contributed by atoms with Gasteiger partial charge in [-0.1, -0.05) is 13.8 Å². The van der Waals surface area contributed by atoms with Gasteiger partial charge in [-0.05, 0) is 25.7 Å². The van der Waals surface area contributed by atoms with Crippen LogP contribution < -0.4 is 5.32 Å². The second kappa shape index (κ2) is 3.59. The number of hydrogen-bond donors (Lipinski definition) is 2. The first-order valence-electron chi connectivity index (χ1n) is 4.93. The molecule has 80 valence electrons. The predicted molar refractivity (Wildman–Crippen MR) is 51.7 cm³/mol. The van der Waals surface area contributed by atoms with E-state index in [1.807, 2.05) is 0 Å². The number of carbonyl (C=O) groups excluding carboxylic acids is 1. The summed E-state index contributed by atoms with van der Waals surface area (Å²) in [5.41, 5.74) is -1.07. The third-order valence-corrected chi connectivity index (χ3v) is 2.75. The minimum absolute atomic E-state index is 0.0997. The van der Waals surface area contributed by atoms with Gasteiger partial charge >= 0.3 is 5.97 Å². The van der Waals surface area contributed by atoms with E-state index in [0.717, 1.165) is 12.8 Å². The van der Waals surface area contributed by atoms with E-state index < -0.39 is 11.5 Å². The van der Waals surface area contributed by atoms with Gasteiger partial charge in [0.2, 0.25) is 5.91 Å². The van der Waals surface area contributed by atoms with Crippen LogP contribution in [0.4, 0.5) is 0 Å². The number of nitrogens with one attached hydrogen (secondary N) is 1. The van der Waals surface area contributed by atoms with Crippen LogP contribution in [0.15, 0.2) is 0 Å². The first-order valence-corrected chi connectivity index (χ1v) is 4.93. The molecule has 4 heteroatoms. The Balaban J connectivity index is 2.69. The maximum Gasteiger partial charge on any atom is 0.329 e. The van der Waals surface area contributed by atoms with Crippen molar-refractivity contribution in [2.45, 2.75) is 39.2 Å². The zero-order valence-electron chi connectivity index (χ0n) is 8.83. The van der Waals surface area contributed by atoms with E-state index in [1.54, 1.807) is 20.8 Å². The van der Waals surface area contributed by atoms with Crippen LogP contribution in [0.1, 0.15) is 33.6 Å². The highest BCUT2D eigenvalue weighted by atomic mass is 16.4. The molecule has 1 aliphatic rings. The Morgan fingerprint density at radius 3 is 2.21 bits per heavy atom. The molecule has 0 aliphatic heterocycles. The van der Waals surface area contributed by atoms with Gasteiger partial charge in [0.1, 0.15) is 5.54 Å². The molecule has 0 spiro atoms. The zero-order chi connectivity index (χ0) is 10.9. The molecule has 0 radical (unpaired) electrons. The summed E-state index contributed by atoms with van der Waals surface area (Å²) >= 11 is 0. The zero-order valence-corrected chi connectivity index (χ0v) is 8.83. The van der Waals surface area contributed by atoms with Crippen LogP contribution in [0, 0.1) is 11.8 Å². The molecular formula is C10H17NO3. The minimum Gasteiger partial charge on any atom is -0.480 e. The van der Waals surface area contributed by atoms with Crippen molar-refractivity contribution < 1.29 is 14.7 Å². The summed E-state index contributed by atoms with van der Waals surface area (Å²) in [6.45, 7) is 5.10. The van der Waals surface area contributed by atoms with E-state index in [1.165, 1.54) is 0 Å². The van der Waals surface area contributed by atoms with E-state index in [2.05, 4.69) is 5.32 Å². The largest absolute Gasteiger partial charge is 0.480 e. The van der Waals surface area contributed by atoms with Crippen molar-refractivity contribution in [3.63, 3.8) is 0 Å². The normalized spacial score (nSPS) is 20.3. The fraction of sp³-hybridized carbons (Fsp3) is 0.800. The molecule has 1 unspecified atom stereocenters. The van der Waals surface area contributed by atoms with Crippen LogP contribution >= 0.6 is 0 Å². The van der Waals surface area contributed by atoms with Gasteiger partial charge in [0.05, 0.1) is 0 Å². The SMILES string of the molecule is CC(C)C(=O)NC(C)(C(=O)O)C1CC1. The second-order valence-corrected chi connectivity index (χ2v) is 4.43. The quantitative estimate of drug-likeness (QED) is 0.710. The van der Waals surface area contributed by atoms with Crippen LogP contribution in [0.3, 0.4) is 0 Å². The van der Waals surface area contributed by atoms with Crippen molar-refractivity contribution >= 4 is 11.9 Å². The van der Waals surface area contributed by atoms with Gasteiger partial charge in [0.15, 0.2) is 0 Å². The predicted octanol–water partition coefficient (Wildman–Crippen LogP) is 1.01. The Hall–Kier alpha value is -1.06. The van der Waals surface area contributed by atoms with Crippen molar-refractivity contribution in [1.29, 1.82) is 0 Å². The van der Waals surface area contributed by atoms with Crippen LogP contribution in [0.25, 0.3) is 0 Å². The first kappa shape index (κ1) is 11.0. The number of carboxylic acid groups (broad SMARTS) is 1. The molecule has 1 fully saturated rings. The smallest absolute Gasteiger partial charge is 0.329 e. The van der Waals surface area contributed by atoms with Gasteiger partial charge < -0.3 is 10.4 Å². The Kier molecular flexibility index (Phi) is 2.83. The molecule has 2 N–H and O–H groups in total. The van der Waals surface area contributed by atoms with Crippen molar-refractivity contribution in [1.82, 2.24) is 5.32 Å². The molecule has 1 amide bonds. The summed E-state index contributed by atoms with van der Waals surface area (Å²) in [5.74, 6) is -1.20. The number of rotatable bonds is 4. The lowest BCUT2D eigenvalue weighted by Crippen LogP contribution is -2.55. The molecular weight excluding hydrogens is 182 g/mol.